The van der Waals surface area contributed by atoms with Gasteiger partial charge in [-0.3, -0.25) is 9.69 Å². The molecule has 0 aromatic heterocycles. The standard InChI is InChI=1S/C17H31N3O2.2ClH/c1-22-14-17(6-8-18-9-7-17)16(21)20-12-5-15(13-20)19-10-3-2-4-11-19;;/h15,18H,2-14H2,1H3;2*1H. The molecule has 142 valence electrons. The molecule has 3 fully saturated rings. The van der Waals surface area contributed by atoms with E-state index in [1.165, 1.54) is 32.4 Å². The topological polar surface area (TPSA) is 44.8 Å². The van der Waals surface area contributed by atoms with Gasteiger partial charge >= 0.3 is 0 Å². The number of hydrogen-bond acceptors (Lipinski definition) is 4. The smallest absolute Gasteiger partial charge is 0.231 e. The van der Waals surface area contributed by atoms with Crippen LogP contribution in [0.2, 0.25) is 0 Å². The number of rotatable bonds is 4. The Morgan fingerprint density at radius 1 is 1.12 bits per heavy atom. The highest BCUT2D eigenvalue weighted by Crippen LogP contribution is 2.33. The van der Waals surface area contributed by atoms with Gasteiger partial charge in [0.2, 0.25) is 5.91 Å². The molecule has 0 aliphatic carbocycles. The summed E-state index contributed by atoms with van der Waals surface area (Å²) in [7, 11) is 1.72. The molecule has 1 amide bonds. The third kappa shape index (κ3) is 4.76. The summed E-state index contributed by atoms with van der Waals surface area (Å²) < 4.78 is 5.42. The molecule has 3 heterocycles. The van der Waals surface area contributed by atoms with Crippen LogP contribution in [0.25, 0.3) is 0 Å². The number of halogens is 2. The van der Waals surface area contributed by atoms with Gasteiger partial charge in [-0.05, 0) is 58.3 Å². The van der Waals surface area contributed by atoms with Crippen LogP contribution in [-0.2, 0) is 9.53 Å². The van der Waals surface area contributed by atoms with Gasteiger partial charge in [0.15, 0.2) is 0 Å². The summed E-state index contributed by atoms with van der Waals surface area (Å²) in [6, 6.07) is 0.588. The van der Waals surface area contributed by atoms with E-state index in [1.54, 1.807) is 7.11 Å². The number of amides is 1. The van der Waals surface area contributed by atoms with Crippen LogP contribution in [0.5, 0.6) is 0 Å². The molecule has 0 aromatic carbocycles. The molecule has 0 bridgehead atoms. The Hall–Kier alpha value is -0.0700. The lowest BCUT2D eigenvalue weighted by atomic mass is 9.78. The van der Waals surface area contributed by atoms with Crippen molar-refractivity contribution in [1.82, 2.24) is 15.1 Å². The van der Waals surface area contributed by atoms with Gasteiger partial charge in [0.05, 0.1) is 12.0 Å². The van der Waals surface area contributed by atoms with Crippen molar-refractivity contribution in [3.8, 4) is 0 Å². The van der Waals surface area contributed by atoms with Crippen LogP contribution in [0.4, 0.5) is 0 Å². The number of carbonyl (C=O) groups is 1. The molecule has 0 spiro atoms. The normalized spacial score (nSPS) is 27.2. The number of piperidine rings is 2. The Morgan fingerprint density at radius 2 is 1.79 bits per heavy atom. The monoisotopic (exact) mass is 381 g/mol. The molecule has 0 radical (unpaired) electrons. The van der Waals surface area contributed by atoms with Crippen LogP contribution in [0.1, 0.15) is 38.5 Å². The highest BCUT2D eigenvalue weighted by molar-refractivity contribution is 5.85. The van der Waals surface area contributed by atoms with Gasteiger partial charge in [0.25, 0.3) is 0 Å². The van der Waals surface area contributed by atoms with E-state index >= 15 is 0 Å². The van der Waals surface area contributed by atoms with Crippen molar-refractivity contribution < 1.29 is 9.53 Å². The van der Waals surface area contributed by atoms with E-state index in [9.17, 15) is 4.79 Å². The highest BCUT2D eigenvalue weighted by Gasteiger charge is 2.44. The summed E-state index contributed by atoms with van der Waals surface area (Å²) in [5.41, 5.74) is -0.281. The maximum atomic E-state index is 13.1. The van der Waals surface area contributed by atoms with Gasteiger partial charge in [0, 0.05) is 26.2 Å². The molecule has 1 N–H and O–H groups in total. The summed E-state index contributed by atoms with van der Waals surface area (Å²) in [4.78, 5) is 17.9. The quantitative estimate of drug-likeness (QED) is 0.807. The second kappa shape index (κ2) is 10.2. The number of ether oxygens (including phenoxy) is 1. The summed E-state index contributed by atoms with van der Waals surface area (Å²) >= 11 is 0. The molecule has 5 nitrogen and oxygen atoms in total. The van der Waals surface area contributed by atoms with Gasteiger partial charge in [0.1, 0.15) is 0 Å². The summed E-state index contributed by atoms with van der Waals surface area (Å²) in [5.74, 6) is 0.343. The molecule has 3 rings (SSSR count). The summed E-state index contributed by atoms with van der Waals surface area (Å²) in [6.45, 7) is 6.73. The Kier molecular flexibility index (Phi) is 9.31. The van der Waals surface area contributed by atoms with Gasteiger partial charge in [-0.1, -0.05) is 6.42 Å². The first-order valence-electron chi connectivity index (χ1n) is 8.98. The first-order valence-corrected chi connectivity index (χ1v) is 8.98. The van der Waals surface area contributed by atoms with Crippen molar-refractivity contribution in [2.75, 3.05) is 53.0 Å². The van der Waals surface area contributed by atoms with Gasteiger partial charge in [-0.15, -0.1) is 24.8 Å². The maximum absolute atomic E-state index is 13.1. The largest absolute Gasteiger partial charge is 0.384 e. The van der Waals surface area contributed by atoms with Crippen molar-refractivity contribution >= 4 is 30.7 Å². The highest BCUT2D eigenvalue weighted by atomic mass is 35.5. The predicted octanol–water partition coefficient (Wildman–Crippen LogP) is 1.93. The lowest BCUT2D eigenvalue weighted by molar-refractivity contribution is -0.146. The lowest BCUT2D eigenvalue weighted by Crippen LogP contribution is -2.51. The predicted molar refractivity (Wildman–Crippen MR) is 101 cm³/mol. The maximum Gasteiger partial charge on any atom is 0.231 e. The molecule has 0 saturated carbocycles. The number of carbonyl (C=O) groups excluding carboxylic acids is 1. The Morgan fingerprint density at radius 3 is 2.42 bits per heavy atom. The molecule has 1 atom stereocenters. The van der Waals surface area contributed by atoms with E-state index in [2.05, 4.69) is 15.1 Å². The zero-order valence-corrected chi connectivity index (χ0v) is 16.4. The molecule has 0 aromatic rings. The average Bonchev–Trinajstić information content (AvgIpc) is 3.06. The fourth-order valence-corrected chi connectivity index (χ4v) is 4.44. The van der Waals surface area contributed by atoms with Crippen molar-refractivity contribution in [3.63, 3.8) is 0 Å². The minimum Gasteiger partial charge on any atom is -0.384 e. The fourth-order valence-electron chi connectivity index (χ4n) is 4.44. The minimum absolute atomic E-state index is 0. The average molecular weight is 382 g/mol. The SMILES string of the molecule is COCC1(C(=O)N2CCC(N3CCCCC3)C2)CCNCC1.Cl.Cl. The third-order valence-corrected chi connectivity index (χ3v) is 5.79. The molecular formula is C17H33Cl2N3O2. The molecule has 3 aliphatic rings. The third-order valence-electron chi connectivity index (χ3n) is 5.79. The number of hydrogen-bond donors (Lipinski definition) is 1. The number of likely N-dealkylation sites (tertiary alicyclic amines) is 2. The number of nitrogens with zero attached hydrogens (tertiary/aromatic N) is 2. The Labute approximate surface area is 158 Å². The van der Waals surface area contributed by atoms with Gasteiger partial charge < -0.3 is 15.0 Å². The van der Waals surface area contributed by atoms with Crippen LogP contribution < -0.4 is 5.32 Å². The Bertz CT molecular complexity index is 381. The van der Waals surface area contributed by atoms with Crippen LogP contribution >= 0.6 is 24.8 Å². The first kappa shape index (κ1) is 22.0. The zero-order valence-electron chi connectivity index (χ0n) is 14.8. The van der Waals surface area contributed by atoms with E-state index in [1.807, 2.05) is 0 Å². The second-order valence-corrected chi connectivity index (χ2v) is 7.25. The molecule has 7 heteroatoms. The van der Waals surface area contributed by atoms with E-state index in [-0.39, 0.29) is 30.2 Å². The molecule has 24 heavy (non-hydrogen) atoms. The van der Waals surface area contributed by atoms with Gasteiger partial charge in [-0.25, -0.2) is 0 Å². The van der Waals surface area contributed by atoms with Crippen molar-refractivity contribution in [1.29, 1.82) is 0 Å². The van der Waals surface area contributed by atoms with E-state index in [4.69, 9.17) is 4.74 Å². The lowest BCUT2D eigenvalue weighted by Gasteiger charge is -2.39. The van der Waals surface area contributed by atoms with Crippen LogP contribution in [0.15, 0.2) is 0 Å². The molecule has 3 saturated heterocycles. The van der Waals surface area contributed by atoms with Gasteiger partial charge in [-0.2, -0.15) is 0 Å². The Balaban J connectivity index is 0.00000144. The zero-order chi connectivity index (χ0) is 15.4. The van der Waals surface area contributed by atoms with Crippen molar-refractivity contribution in [2.24, 2.45) is 5.41 Å². The minimum atomic E-state index is -0.281. The van der Waals surface area contributed by atoms with Crippen LogP contribution in [0, 0.1) is 5.41 Å². The summed E-state index contributed by atoms with van der Waals surface area (Å²) in [6.07, 6.45) is 6.98. The van der Waals surface area contributed by atoms with E-state index in [0.29, 0.717) is 18.6 Å². The molecule has 3 aliphatic heterocycles. The number of nitrogens with one attached hydrogen (secondary N) is 1. The van der Waals surface area contributed by atoms with Crippen LogP contribution in [-0.4, -0.2) is 74.7 Å². The van der Waals surface area contributed by atoms with E-state index in [0.717, 1.165) is 45.4 Å². The molecular weight excluding hydrogens is 349 g/mol. The molecule has 1 unspecified atom stereocenters. The van der Waals surface area contributed by atoms with Crippen molar-refractivity contribution in [2.45, 2.75) is 44.6 Å². The van der Waals surface area contributed by atoms with Crippen molar-refractivity contribution in [3.05, 3.63) is 0 Å². The van der Waals surface area contributed by atoms with E-state index < -0.39 is 0 Å². The van der Waals surface area contributed by atoms with Crippen LogP contribution in [0.3, 0.4) is 0 Å². The second-order valence-electron chi connectivity index (χ2n) is 7.25. The summed E-state index contributed by atoms with van der Waals surface area (Å²) in [5, 5.41) is 3.37. The first-order chi connectivity index (χ1) is 10.7. The fraction of sp³-hybridized carbons (Fsp3) is 0.941. The number of methoxy groups -OCH3 is 1.